The van der Waals surface area contributed by atoms with Crippen molar-refractivity contribution in [2.24, 2.45) is 0 Å². The number of hydrogen-bond acceptors (Lipinski definition) is 5. The SMILES string of the molecule is CC(C)(C)OC(=O)Cn1c(=O)n(CC(=O)OC(C)(C)C)c2cc(F)ccc21. The highest BCUT2D eigenvalue weighted by Crippen LogP contribution is 2.17. The number of esters is 2. The van der Waals surface area contributed by atoms with Gasteiger partial charge in [-0.25, -0.2) is 9.18 Å². The lowest BCUT2D eigenvalue weighted by Crippen LogP contribution is -2.33. The van der Waals surface area contributed by atoms with Crippen LogP contribution in [0.1, 0.15) is 41.5 Å². The Hall–Kier alpha value is -2.64. The first-order valence-corrected chi connectivity index (χ1v) is 8.59. The summed E-state index contributed by atoms with van der Waals surface area (Å²) in [5, 5.41) is 0. The van der Waals surface area contributed by atoms with Gasteiger partial charge in [0.2, 0.25) is 0 Å². The number of carbonyl (C=O) groups is 2. The van der Waals surface area contributed by atoms with Crippen LogP contribution in [-0.4, -0.2) is 32.3 Å². The van der Waals surface area contributed by atoms with Crippen LogP contribution in [0.15, 0.2) is 23.0 Å². The lowest BCUT2D eigenvalue weighted by atomic mass is 10.2. The van der Waals surface area contributed by atoms with Crippen LogP contribution < -0.4 is 5.69 Å². The molecule has 148 valence electrons. The zero-order valence-electron chi connectivity index (χ0n) is 16.5. The van der Waals surface area contributed by atoms with E-state index < -0.39 is 41.2 Å². The highest BCUT2D eigenvalue weighted by Gasteiger charge is 2.23. The van der Waals surface area contributed by atoms with Gasteiger partial charge < -0.3 is 9.47 Å². The number of rotatable bonds is 4. The van der Waals surface area contributed by atoms with Crippen molar-refractivity contribution in [3.63, 3.8) is 0 Å². The molecule has 0 amide bonds. The third-order valence-electron chi connectivity index (χ3n) is 3.40. The Morgan fingerprint density at radius 1 is 0.889 bits per heavy atom. The number of ether oxygens (including phenoxy) is 2. The van der Waals surface area contributed by atoms with E-state index in [0.29, 0.717) is 5.52 Å². The number of imidazole rings is 1. The van der Waals surface area contributed by atoms with Crippen LogP contribution in [0.5, 0.6) is 0 Å². The predicted octanol–water partition coefficient (Wildman–Crippen LogP) is 2.63. The van der Waals surface area contributed by atoms with Crippen molar-refractivity contribution >= 4 is 23.0 Å². The molecule has 0 aliphatic carbocycles. The molecular weight excluding hydrogens is 355 g/mol. The molecule has 0 saturated heterocycles. The van der Waals surface area contributed by atoms with E-state index in [-0.39, 0.29) is 12.1 Å². The summed E-state index contributed by atoms with van der Waals surface area (Å²) in [6, 6.07) is 3.72. The molecule has 1 heterocycles. The summed E-state index contributed by atoms with van der Waals surface area (Å²) in [6.07, 6.45) is 0. The van der Waals surface area contributed by atoms with Gasteiger partial charge in [-0.05, 0) is 59.7 Å². The number of carbonyl (C=O) groups excluding carboxylic acids is 2. The second-order valence-corrected chi connectivity index (χ2v) is 8.26. The summed E-state index contributed by atoms with van der Waals surface area (Å²) in [7, 11) is 0. The van der Waals surface area contributed by atoms with Crippen molar-refractivity contribution in [2.75, 3.05) is 0 Å². The zero-order valence-corrected chi connectivity index (χ0v) is 16.5. The van der Waals surface area contributed by atoms with Gasteiger partial charge in [-0.15, -0.1) is 0 Å². The van der Waals surface area contributed by atoms with Gasteiger partial charge in [-0.1, -0.05) is 0 Å². The van der Waals surface area contributed by atoms with Gasteiger partial charge >= 0.3 is 17.6 Å². The average Bonchev–Trinajstić information content (AvgIpc) is 2.68. The monoisotopic (exact) mass is 380 g/mol. The number of fused-ring (bicyclic) bond motifs is 1. The van der Waals surface area contributed by atoms with Gasteiger partial charge in [0.1, 0.15) is 30.1 Å². The molecule has 7 nitrogen and oxygen atoms in total. The smallest absolute Gasteiger partial charge is 0.330 e. The molecule has 0 N–H and O–H groups in total. The fraction of sp³-hybridized carbons (Fsp3) is 0.526. The highest BCUT2D eigenvalue weighted by molar-refractivity contribution is 5.81. The second-order valence-electron chi connectivity index (χ2n) is 8.26. The van der Waals surface area contributed by atoms with Crippen molar-refractivity contribution in [2.45, 2.75) is 65.8 Å². The van der Waals surface area contributed by atoms with Crippen LogP contribution in [-0.2, 0) is 32.2 Å². The van der Waals surface area contributed by atoms with Crippen LogP contribution in [0, 0.1) is 5.82 Å². The Labute approximate surface area is 156 Å². The van der Waals surface area contributed by atoms with Gasteiger partial charge in [-0.3, -0.25) is 18.7 Å². The maximum Gasteiger partial charge on any atom is 0.330 e. The highest BCUT2D eigenvalue weighted by atomic mass is 19.1. The maximum atomic E-state index is 13.7. The standard InChI is InChI=1S/C19H25FN2O5/c1-18(2,3)26-15(23)10-21-13-8-7-12(20)9-14(13)22(17(21)25)11-16(24)27-19(4,5)6/h7-9H,10-11H2,1-6H3. The Balaban J connectivity index is 2.45. The summed E-state index contributed by atoms with van der Waals surface area (Å²) in [4.78, 5) is 37.1. The van der Waals surface area contributed by atoms with E-state index in [0.717, 1.165) is 15.2 Å². The molecule has 0 spiro atoms. The predicted molar refractivity (Wildman–Crippen MR) is 97.8 cm³/mol. The fourth-order valence-corrected chi connectivity index (χ4v) is 2.60. The molecule has 0 radical (unpaired) electrons. The molecule has 0 unspecified atom stereocenters. The largest absolute Gasteiger partial charge is 0.459 e. The summed E-state index contributed by atoms with van der Waals surface area (Å²) < 4.78 is 26.5. The van der Waals surface area contributed by atoms with E-state index in [1.807, 2.05) is 0 Å². The van der Waals surface area contributed by atoms with E-state index in [4.69, 9.17) is 9.47 Å². The molecule has 1 aromatic heterocycles. The molecular formula is C19H25FN2O5. The minimum atomic E-state index is -0.721. The fourth-order valence-electron chi connectivity index (χ4n) is 2.60. The lowest BCUT2D eigenvalue weighted by Gasteiger charge is -2.19. The summed E-state index contributed by atoms with van der Waals surface area (Å²) in [5.74, 6) is -1.80. The van der Waals surface area contributed by atoms with Crippen molar-refractivity contribution < 1.29 is 23.5 Å². The van der Waals surface area contributed by atoms with Gasteiger partial charge in [0, 0.05) is 0 Å². The quantitative estimate of drug-likeness (QED) is 0.762. The van der Waals surface area contributed by atoms with Gasteiger partial charge in [0.15, 0.2) is 0 Å². The van der Waals surface area contributed by atoms with Gasteiger partial charge in [0.25, 0.3) is 0 Å². The van der Waals surface area contributed by atoms with Crippen LogP contribution >= 0.6 is 0 Å². The third-order valence-corrected chi connectivity index (χ3v) is 3.40. The van der Waals surface area contributed by atoms with Crippen molar-refractivity contribution in [3.8, 4) is 0 Å². The summed E-state index contributed by atoms with van der Waals surface area (Å²) >= 11 is 0. The third kappa shape index (κ3) is 5.42. The molecule has 2 rings (SSSR count). The average molecular weight is 380 g/mol. The van der Waals surface area contributed by atoms with E-state index in [1.165, 1.54) is 12.1 Å². The molecule has 0 saturated carbocycles. The van der Waals surface area contributed by atoms with Gasteiger partial charge in [-0.2, -0.15) is 0 Å². The minimum absolute atomic E-state index is 0.203. The number of hydrogen-bond donors (Lipinski definition) is 0. The molecule has 0 bridgehead atoms. The van der Waals surface area contributed by atoms with Crippen molar-refractivity contribution in [1.82, 2.24) is 9.13 Å². The molecule has 2 aromatic rings. The zero-order chi connectivity index (χ0) is 20.6. The first kappa shape index (κ1) is 20.7. The molecule has 0 aliphatic heterocycles. The van der Waals surface area contributed by atoms with Crippen LogP contribution in [0.3, 0.4) is 0 Å². The Morgan fingerprint density at radius 2 is 1.33 bits per heavy atom. The summed E-state index contributed by atoms with van der Waals surface area (Å²) in [6.45, 7) is 9.53. The number of benzene rings is 1. The minimum Gasteiger partial charge on any atom is -0.459 e. The Bertz CT molecular complexity index is 928. The second kappa shape index (κ2) is 7.17. The van der Waals surface area contributed by atoms with E-state index in [9.17, 15) is 18.8 Å². The van der Waals surface area contributed by atoms with Crippen molar-refractivity contribution in [1.29, 1.82) is 0 Å². The Morgan fingerprint density at radius 3 is 1.78 bits per heavy atom. The molecule has 0 fully saturated rings. The number of nitrogens with zero attached hydrogens (tertiary/aromatic N) is 2. The van der Waals surface area contributed by atoms with Gasteiger partial charge in [0.05, 0.1) is 11.0 Å². The first-order valence-electron chi connectivity index (χ1n) is 8.59. The molecule has 8 heteroatoms. The molecule has 27 heavy (non-hydrogen) atoms. The van der Waals surface area contributed by atoms with Crippen molar-refractivity contribution in [3.05, 3.63) is 34.5 Å². The normalized spacial score (nSPS) is 12.3. The lowest BCUT2D eigenvalue weighted by molar-refractivity contribution is -0.156. The van der Waals surface area contributed by atoms with Crippen LogP contribution in [0.2, 0.25) is 0 Å². The maximum absolute atomic E-state index is 13.7. The topological polar surface area (TPSA) is 79.5 Å². The van der Waals surface area contributed by atoms with E-state index in [1.54, 1.807) is 41.5 Å². The molecule has 0 aliphatic rings. The van der Waals surface area contributed by atoms with Crippen LogP contribution in [0.25, 0.3) is 11.0 Å². The summed E-state index contributed by atoms with van der Waals surface area (Å²) in [5.41, 5.74) is -1.51. The number of halogens is 1. The van der Waals surface area contributed by atoms with E-state index in [2.05, 4.69) is 0 Å². The number of aromatic nitrogens is 2. The molecule has 1 aromatic carbocycles. The first-order chi connectivity index (χ1) is 12.3. The Kier molecular flexibility index (Phi) is 5.49. The molecule has 0 atom stereocenters. The van der Waals surface area contributed by atoms with E-state index >= 15 is 0 Å². The van der Waals surface area contributed by atoms with Crippen LogP contribution in [0.4, 0.5) is 4.39 Å².